The van der Waals surface area contributed by atoms with Crippen molar-refractivity contribution in [2.24, 2.45) is 5.92 Å². The maximum Gasteiger partial charge on any atom is 0.258 e. The Morgan fingerprint density at radius 1 is 1.09 bits per heavy atom. The van der Waals surface area contributed by atoms with Crippen molar-refractivity contribution < 1.29 is 4.74 Å². The topological polar surface area (TPSA) is 63.5 Å². The quantitative estimate of drug-likeness (QED) is 0.544. The second-order valence-electron chi connectivity index (χ2n) is 8.39. The molecule has 0 amide bonds. The number of nitrogens with zero attached hydrogens (tertiary/aromatic N) is 5. The number of halogens is 1. The van der Waals surface area contributed by atoms with Crippen LogP contribution in [0, 0.1) is 5.92 Å². The van der Waals surface area contributed by atoms with Gasteiger partial charge in [0.05, 0.1) is 22.6 Å². The van der Waals surface area contributed by atoms with E-state index in [1.807, 2.05) is 12.1 Å². The van der Waals surface area contributed by atoms with Gasteiger partial charge in [-0.05, 0) is 63.2 Å². The molecule has 0 aliphatic carbocycles. The fourth-order valence-corrected chi connectivity index (χ4v) is 4.09. The molecule has 0 saturated carbocycles. The first-order chi connectivity index (χ1) is 15.5. The third-order valence-corrected chi connectivity index (χ3v) is 5.86. The minimum atomic E-state index is -0.175. The van der Waals surface area contributed by atoms with Crippen molar-refractivity contribution in [3.8, 4) is 11.4 Å². The van der Waals surface area contributed by atoms with Gasteiger partial charge < -0.3 is 14.5 Å². The van der Waals surface area contributed by atoms with Crippen molar-refractivity contribution in [1.29, 1.82) is 0 Å². The highest BCUT2D eigenvalue weighted by atomic mass is 35.5. The average Bonchev–Trinajstić information content (AvgIpc) is 2.79. The Morgan fingerprint density at radius 2 is 1.91 bits per heavy atom. The maximum absolute atomic E-state index is 12.6. The Hall–Kier alpha value is -2.90. The van der Waals surface area contributed by atoms with E-state index in [4.69, 9.17) is 16.3 Å². The molecule has 8 heteroatoms. The highest BCUT2D eigenvalue weighted by Gasteiger charge is 2.20. The van der Waals surface area contributed by atoms with Gasteiger partial charge in [-0.15, -0.1) is 0 Å². The van der Waals surface area contributed by atoms with E-state index in [0.717, 1.165) is 42.8 Å². The zero-order chi connectivity index (χ0) is 22.5. The zero-order valence-corrected chi connectivity index (χ0v) is 19.2. The van der Waals surface area contributed by atoms with Crippen LogP contribution in [0.1, 0.15) is 18.5 Å². The van der Waals surface area contributed by atoms with Gasteiger partial charge in [-0.3, -0.25) is 14.3 Å². The van der Waals surface area contributed by atoms with Crippen molar-refractivity contribution in [2.75, 3.05) is 38.6 Å². The highest BCUT2D eigenvalue weighted by molar-refractivity contribution is 6.30. The molecule has 4 rings (SSSR count). The van der Waals surface area contributed by atoms with Gasteiger partial charge in [0.2, 0.25) is 0 Å². The molecule has 1 aliphatic heterocycles. The molecule has 3 aromatic rings. The van der Waals surface area contributed by atoms with Gasteiger partial charge in [-0.25, -0.2) is 4.98 Å². The molecule has 0 spiro atoms. The number of pyridine rings is 3. The molecule has 0 unspecified atom stereocenters. The van der Waals surface area contributed by atoms with E-state index in [9.17, 15) is 4.79 Å². The summed E-state index contributed by atoms with van der Waals surface area (Å²) in [6.07, 6.45) is 7.38. The van der Waals surface area contributed by atoms with Crippen LogP contribution < -0.4 is 15.2 Å². The predicted molar refractivity (Wildman–Crippen MR) is 127 cm³/mol. The lowest BCUT2D eigenvalue weighted by Crippen LogP contribution is -2.37. The molecular weight excluding hydrogens is 426 g/mol. The number of ether oxygens (including phenoxy) is 1. The third kappa shape index (κ3) is 5.66. The van der Waals surface area contributed by atoms with Crippen molar-refractivity contribution >= 4 is 17.4 Å². The van der Waals surface area contributed by atoms with Crippen LogP contribution in [0.15, 0.2) is 59.8 Å². The smallest absolute Gasteiger partial charge is 0.258 e. The first kappa shape index (κ1) is 22.3. The molecule has 0 aromatic carbocycles. The number of aromatic nitrogens is 3. The largest absolute Gasteiger partial charge is 0.487 e. The lowest BCUT2D eigenvalue weighted by atomic mass is 9.96. The summed E-state index contributed by atoms with van der Waals surface area (Å²) in [5, 5.41) is 0.574. The summed E-state index contributed by atoms with van der Waals surface area (Å²) in [6, 6.07) is 10.7. The first-order valence-electron chi connectivity index (χ1n) is 10.8. The van der Waals surface area contributed by atoms with E-state index in [1.54, 1.807) is 41.4 Å². The standard InChI is InChI=1S/C24H28ClN5O2/c1-28(2)16-18-7-10-29(11-8-18)23-6-5-21(15-27-23)30-12-9-22(13-24(30)31)32-17-20-4-3-19(25)14-26-20/h3-6,9,12-15,18H,7-8,10-11,16-17H2,1-2H3. The summed E-state index contributed by atoms with van der Waals surface area (Å²) in [4.78, 5) is 26.0. The van der Waals surface area contributed by atoms with Crippen LogP contribution in [0.2, 0.25) is 5.02 Å². The Bertz CT molecular complexity index is 1070. The van der Waals surface area contributed by atoms with Gasteiger partial charge in [0.15, 0.2) is 0 Å². The minimum absolute atomic E-state index is 0.175. The summed E-state index contributed by atoms with van der Waals surface area (Å²) >= 11 is 5.84. The van der Waals surface area contributed by atoms with Gasteiger partial charge in [0.25, 0.3) is 5.56 Å². The summed E-state index contributed by atoms with van der Waals surface area (Å²) in [7, 11) is 4.26. The third-order valence-electron chi connectivity index (χ3n) is 5.64. The van der Waals surface area contributed by atoms with Gasteiger partial charge in [-0.1, -0.05) is 11.6 Å². The molecule has 1 aliphatic rings. The molecule has 0 atom stereocenters. The van der Waals surface area contributed by atoms with E-state index >= 15 is 0 Å². The fourth-order valence-electron chi connectivity index (χ4n) is 3.98. The number of anilines is 1. The van der Waals surface area contributed by atoms with Crippen LogP contribution in [0.3, 0.4) is 0 Å². The van der Waals surface area contributed by atoms with Crippen LogP contribution in [0.5, 0.6) is 5.75 Å². The summed E-state index contributed by atoms with van der Waals surface area (Å²) in [5.74, 6) is 2.20. The van der Waals surface area contributed by atoms with Gasteiger partial charge in [-0.2, -0.15) is 0 Å². The summed E-state index contributed by atoms with van der Waals surface area (Å²) in [6.45, 7) is 3.43. The second kappa shape index (κ2) is 10.1. The van der Waals surface area contributed by atoms with Gasteiger partial charge >= 0.3 is 0 Å². The minimum Gasteiger partial charge on any atom is -0.487 e. The molecule has 168 valence electrons. The van der Waals surface area contributed by atoms with Crippen molar-refractivity contribution in [2.45, 2.75) is 19.4 Å². The van der Waals surface area contributed by atoms with Crippen molar-refractivity contribution in [1.82, 2.24) is 19.4 Å². The molecule has 0 radical (unpaired) electrons. The molecule has 7 nitrogen and oxygen atoms in total. The second-order valence-corrected chi connectivity index (χ2v) is 8.83. The Morgan fingerprint density at radius 3 is 2.53 bits per heavy atom. The lowest BCUT2D eigenvalue weighted by Gasteiger charge is -2.34. The Kier molecular flexibility index (Phi) is 7.07. The van der Waals surface area contributed by atoms with E-state index in [1.165, 1.54) is 18.9 Å². The maximum atomic E-state index is 12.6. The number of piperidine rings is 1. The van der Waals surface area contributed by atoms with Crippen LogP contribution in [0.25, 0.3) is 5.69 Å². The Labute approximate surface area is 193 Å². The molecule has 1 saturated heterocycles. The monoisotopic (exact) mass is 453 g/mol. The number of rotatable bonds is 7. The van der Waals surface area contributed by atoms with Gasteiger partial charge in [0.1, 0.15) is 18.2 Å². The molecular formula is C24H28ClN5O2. The Balaban J connectivity index is 1.37. The van der Waals surface area contributed by atoms with Crippen molar-refractivity contribution in [3.63, 3.8) is 0 Å². The molecule has 0 bridgehead atoms. The number of hydrogen-bond acceptors (Lipinski definition) is 6. The predicted octanol–water partition coefficient (Wildman–Crippen LogP) is 3.64. The van der Waals surface area contributed by atoms with E-state index < -0.39 is 0 Å². The first-order valence-corrected chi connectivity index (χ1v) is 11.2. The number of hydrogen-bond donors (Lipinski definition) is 0. The van der Waals surface area contributed by atoms with Crippen LogP contribution in [0.4, 0.5) is 5.82 Å². The van der Waals surface area contributed by atoms with E-state index in [-0.39, 0.29) is 12.2 Å². The fraction of sp³-hybridized carbons (Fsp3) is 0.375. The summed E-state index contributed by atoms with van der Waals surface area (Å²) < 4.78 is 7.25. The zero-order valence-electron chi connectivity index (χ0n) is 18.4. The van der Waals surface area contributed by atoms with Gasteiger partial charge in [0, 0.05) is 38.1 Å². The van der Waals surface area contributed by atoms with E-state index in [0.29, 0.717) is 10.8 Å². The molecule has 1 fully saturated rings. The lowest BCUT2D eigenvalue weighted by molar-refractivity contribution is 0.284. The highest BCUT2D eigenvalue weighted by Crippen LogP contribution is 2.23. The van der Waals surface area contributed by atoms with Crippen molar-refractivity contribution in [3.05, 3.63) is 76.1 Å². The normalized spacial score (nSPS) is 14.7. The molecule has 0 N–H and O–H groups in total. The molecule has 4 heterocycles. The van der Waals surface area contributed by atoms with Crippen LogP contribution in [-0.4, -0.2) is 53.2 Å². The molecule has 3 aromatic heterocycles. The SMILES string of the molecule is CN(C)CC1CCN(c2ccc(-n3ccc(OCc4ccc(Cl)cn4)cc3=O)cn2)CC1. The van der Waals surface area contributed by atoms with E-state index in [2.05, 4.69) is 33.9 Å². The van der Waals surface area contributed by atoms with Crippen LogP contribution >= 0.6 is 11.6 Å². The molecule has 32 heavy (non-hydrogen) atoms. The van der Waals surface area contributed by atoms with Crippen LogP contribution in [-0.2, 0) is 6.61 Å². The summed E-state index contributed by atoms with van der Waals surface area (Å²) in [5.41, 5.74) is 1.29. The average molecular weight is 454 g/mol.